The van der Waals surface area contributed by atoms with E-state index in [1.165, 1.54) is 23.9 Å². The Morgan fingerprint density at radius 2 is 1.93 bits per heavy atom. The molecule has 1 unspecified atom stereocenters. The Balaban J connectivity index is 1.41. The van der Waals surface area contributed by atoms with Crippen LogP contribution in [0.3, 0.4) is 0 Å². The molecule has 1 aromatic heterocycles. The van der Waals surface area contributed by atoms with Crippen LogP contribution in [-0.2, 0) is 9.59 Å². The topological polar surface area (TPSA) is 78.7 Å². The molecular weight excluding hydrogens is 383 g/mol. The molecule has 2 aromatic rings. The van der Waals surface area contributed by atoms with Crippen molar-refractivity contribution >= 4 is 35.1 Å². The number of rotatable bonds is 6. The molecule has 0 radical (unpaired) electrons. The lowest BCUT2D eigenvalue weighted by Crippen LogP contribution is -2.49. The van der Waals surface area contributed by atoms with Gasteiger partial charge < -0.3 is 19.6 Å². The molecule has 28 heavy (non-hydrogen) atoms. The van der Waals surface area contributed by atoms with E-state index < -0.39 is 0 Å². The minimum atomic E-state index is -0.388. The van der Waals surface area contributed by atoms with Crippen LogP contribution in [0.15, 0.2) is 34.9 Å². The number of benzene rings is 1. The van der Waals surface area contributed by atoms with Gasteiger partial charge >= 0.3 is 0 Å². The number of nitrogens with zero attached hydrogens (tertiary/aromatic N) is 3. The standard InChI is InChI=1S/C19H23FN4O3S/c1-13-11-17(22-27-13)21-19(26)14(2)28-12-18(25)24-9-7-23(8-10-24)16-5-3-15(20)4-6-16/h3-6,11,14H,7-10,12H2,1-2H3,(H,21,22,26). The van der Waals surface area contributed by atoms with Gasteiger partial charge in [-0.1, -0.05) is 5.16 Å². The molecule has 1 saturated heterocycles. The number of anilines is 2. The average molecular weight is 406 g/mol. The second-order valence-corrected chi connectivity index (χ2v) is 7.94. The highest BCUT2D eigenvalue weighted by molar-refractivity contribution is 8.01. The third-order valence-electron chi connectivity index (χ3n) is 4.53. The van der Waals surface area contributed by atoms with E-state index in [2.05, 4.69) is 15.4 Å². The Morgan fingerprint density at radius 3 is 2.54 bits per heavy atom. The zero-order valence-electron chi connectivity index (χ0n) is 15.9. The molecule has 0 saturated carbocycles. The molecule has 1 fully saturated rings. The molecule has 1 aromatic carbocycles. The molecule has 9 heteroatoms. The molecule has 0 aliphatic carbocycles. The fraction of sp³-hybridized carbons (Fsp3) is 0.421. The number of piperazine rings is 1. The van der Waals surface area contributed by atoms with E-state index in [4.69, 9.17) is 4.52 Å². The van der Waals surface area contributed by atoms with Crippen molar-refractivity contribution < 1.29 is 18.5 Å². The Hall–Kier alpha value is -2.55. The molecule has 150 valence electrons. The molecule has 1 N–H and O–H groups in total. The van der Waals surface area contributed by atoms with Crippen molar-refractivity contribution in [3.05, 3.63) is 41.9 Å². The second-order valence-electron chi connectivity index (χ2n) is 6.61. The van der Waals surface area contributed by atoms with Crippen LogP contribution < -0.4 is 10.2 Å². The fourth-order valence-corrected chi connectivity index (χ4v) is 3.67. The highest BCUT2D eigenvalue weighted by atomic mass is 32.2. The maximum Gasteiger partial charge on any atom is 0.238 e. The molecule has 1 aliphatic rings. The number of aryl methyl sites for hydroxylation is 1. The second kappa shape index (κ2) is 9.09. The Kier molecular flexibility index (Phi) is 6.56. The minimum Gasteiger partial charge on any atom is -0.368 e. The van der Waals surface area contributed by atoms with Gasteiger partial charge in [-0.3, -0.25) is 9.59 Å². The van der Waals surface area contributed by atoms with E-state index in [1.54, 1.807) is 36.9 Å². The van der Waals surface area contributed by atoms with Crippen LogP contribution in [0, 0.1) is 12.7 Å². The van der Waals surface area contributed by atoms with Crippen molar-refractivity contribution in [3.63, 3.8) is 0 Å². The first-order chi connectivity index (χ1) is 13.4. The van der Waals surface area contributed by atoms with Crippen molar-refractivity contribution in [2.45, 2.75) is 19.1 Å². The predicted octanol–water partition coefficient (Wildman–Crippen LogP) is 2.53. The maximum atomic E-state index is 13.0. The number of carbonyl (C=O) groups excluding carboxylic acids is 2. The lowest BCUT2D eigenvalue weighted by Gasteiger charge is -2.36. The highest BCUT2D eigenvalue weighted by Gasteiger charge is 2.23. The zero-order valence-corrected chi connectivity index (χ0v) is 16.7. The number of carbonyl (C=O) groups is 2. The van der Waals surface area contributed by atoms with E-state index in [-0.39, 0.29) is 28.6 Å². The number of aromatic nitrogens is 1. The number of halogens is 1. The fourth-order valence-electron chi connectivity index (χ4n) is 2.88. The summed E-state index contributed by atoms with van der Waals surface area (Å²) in [6, 6.07) is 8.02. The van der Waals surface area contributed by atoms with Gasteiger partial charge in [0.05, 0.1) is 11.0 Å². The molecular formula is C19H23FN4O3S. The lowest BCUT2D eigenvalue weighted by atomic mass is 10.2. The molecule has 1 atom stereocenters. The number of hydrogen-bond acceptors (Lipinski definition) is 6. The number of nitrogens with one attached hydrogen (secondary N) is 1. The third kappa shape index (κ3) is 5.25. The Morgan fingerprint density at radius 1 is 1.25 bits per heavy atom. The van der Waals surface area contributed by atoms with Crippen LogP contribution in [0.4, 0.5) is 15.9 Å². The third-order valence-corrected chi connectivity index (χ3v) is 5.66. The van der Waals surface area contributed by atoms with E-state index in [0.717, 1.165) is 5.69 Å². The normalized spacial score (nSPS) is 15.4. The average Bonchev–Trinajstić information content (AvgIpc) is 3.11. The molecule has 1 aliphatic heterocycles. The summed E-state index contributed by atoms with van der Waals surface area (Å²) in [4.78, 5) is 28.6. The first kappa shape index (κ1) is 20.2. The largest absolute Gasteiger partial charge is 0.368 e. The monoisotopic (exact) mass is 406 g/mol. The van der Waals surface area contributed by atoms with E-state index in [1.807, 2.05) is 0 Å². The Bertz CT molecular complexity index is 819. The molecule has 2 amide bonds. The van der Waals surface area contributed by atoms with E-state index in [9.17, 15) is 14.0 Å². The van der Waals surface area contributed by atoms with Gasteiger partial charge in [-0.2, -0.15) is 0 Å². The minimum absolute atomic E-state index is 0.0145. The van der Waals surface area contributed by atoms with Gasteiger partial charge in [0.15, 0.2) is 5.82 Å². The summed E-state index contributed by atoms with van der Waals surface area (Å²) in [6.07, 6.45) is 0. The quantitative estimate of drug-likeness (QED) is 0.794. The van der Waals surface area contributed by atoms with Crippen LogP contribution in [-0.4, -0.2) is 59.1 Å². The van der Waals surface area contributed by atoms with Crippen molar-refractivity contribution in [2.24, 2.45) is 0 Å². The predicted molar refractivity (Wildman–Crippen MR) is 107 cm³/mol. The van der Waals surface area contributed by atoms with Crippen molar-refractivity contribution in [1.82, 2.24) is 10.1 Å². The smallest absolute Gasteiger partial charge is 0.238 e. The maximum absolute atomic E-state index is 13.0. The van der Waals surface area contributed by atoms with E-state index >= 15 is 0 Å². The lowest BCUT2D eigenvalue weighted by molar-refractivity contribution is -0.128. The highest BCUT2D eigenvalue weighted by Crippen LogP contribution is 2.19. The molecule has 0 bridgehead atoms. The number of hydrogen-bond donors (Lipinski definition) is 1. The summed E-state index contributed by atoms with van der Waals surface area (Å²) in [5, 5.41) is 6.01. The molecule has 7 nitrogen and oxygen atoms in total. The zero-order chi connectivity index (χ0) is 20.1. The van der Waals surface area contributed by atoms with E-state index in [0.29, 0.717) is 37.8 Å². The number of thioether (sulfide) groups is 1. The van der Waals surface area contributed by atoms with Crippen molar-refractivity contribution in [2.75, 3.05) is 42.1 Å². The summed E-state index contributed by atoms with van der Waals surface area (Å²) < 4.78 is 18.0. The van der Waals surface area contributed by atoms with Gasteiger partial charge in [-0.25, -0.2) is 4.39 Å². The van der Waals surface area contributed by atoms with Crippen LogP contribution in [0.1, 0.15) is 12.7 Å². The van der Waals surface area contributed by atoms with Gasteiger partial charge in [0.2, 0.25) is 11.8 Å². The van der Waals surface area contributed by atoms with Gasteiger partial charge in [-0.05, 0) is 38.1 Å². The van der Waals surface area contributed by atoms with Crippen molar-refractivity contribution in [3.8, 4) is 0 Å². The summed E-state index contributed by atoms with van der Waals surface area (Å²) >= 11 is 1.29. The van der Waals surface area contributed by atoms with Crippen molar-refractivity contribution in [1.29, 1.82) is 0 Å². The summed E-state index contributed by atoms with van der Waals surface area (Å²) in [5.74, 6) is 0.770. The van der Waals surface area contributed by atoms with Crippen LogP contribution >= 0.6 is 11.8 Å². The summed E-state index contributed by atoms with van der Waals surface area (Å²) in [6.45, 7) is 6.11. The first-order valence-corrected chi connectivity index (χ1v) is 10.1. The molecule has 3 rings (SSSR count). The molecule has 2 heterocycles. The summed E-state index contributed by atoms with van der Waals surface area (Å²) in [7, 11) is 0. The first-order valence-electron chi connectivity index (χ1n) is 9.06. The van der Waals surface area contributed by atoms with Crippen LogP contribution in [0.5, 0.6) is 0 Å². The van der Waals surface area contributed by atoms with Gasteiger partial charge in [-0.15, -0.1) is 11.8 Å². The van der Waals surface area contributed by atoms with Gasteiger partial charge in [0, 0.05) is 37.9 Å². The van der Waals surface area contributed by atoms with Gasteiger partial charge in [0.25, 0.3) is 0 Å². The van der Waals surface area contributed by atoms with Crippen LogP contribution in [0.25, 0.3) is 0 Å². The van der Waals surface area contributed by atoms with Gasteiger partial charge in [0.1, 0.15) is 11.6 Å². The Labute approximate surface area is 167 Å². The SMILES string of the molecule is Cc1cc(NC(=O)C(C)SCC(=O)N2CCN(c3ccc(F)cc3)CC2)no1. The number of amides is 2. The van der Waals surface area contributed by atoms with Crippen LogP contribution in [0.2, 0.25) is 0 Å². The molecule has 0 spiro atoms. The summed E-state index contributed by atoms with van der Waals surface area (Å²) in [5.41, 5.74) is 0.955.